The molecular formula is C15H22O. The fourth-order valence-electron chi connectivity index (χ4n) is 1.50. The molecule has 0 amide bonds. The standard InChI is InChI=1S/C12H14O.C3H8/c1-3-5-6-7-10-8-9-12(13)11(10)4-2;1-3-2/h3-4,6H,2,7-9H2,1H3;3H2,1-2H3. The molecule has 0 N–H and O–H groups in total. The van der Waals surface area contributed by atoms with Crippen LogP contribution < -0.4 is 0 Å². The highest BCUT2D eigenvalue weighted by Gasteiger charge is 2.18. The summed E-state index contributed by atoms with van der Waals surface area (Å²) in [5.74, 6) is 0.235. The van der Waals surface area contributed by atoms with Crippen molar-refractivity contribution in [1.82, 2.24) is 0 Å². The molecule has 0 fully saturated rings. The Morgan fingerprint density at radius 2 is 2.00 bits per heavy atom. The molecule has 88 valence electrons. The van der Waals surface area contributed by atoms with Gasteiger partial charge in [-0.3, -0.25) is 4.79 Å². The molecule has 0 aromatic rings. The summed E-state index contributed by atoms with van der Waals surface area (Å²) in [5, 5.41) is 0. The third kappa shape index (κ3) is 4.95. The van der Waals surface area contributed by atoms with Crippen LogP contribution >= 0.6 is 0 Å². The van der Waals surface area contributed by atoms with Crippen LogP contribution in [0.15, 0.2) is 41.7 Å². The maximum absolute atomic E-state index is 11.3. The van der Waals surface area contributed by atoms with Crippen molar-refractivity contribution in [2.45, 2.75) is 46.5 Å². The topological polar surface area (TPSA) is 17.1 Å². The number of ketones is 1. The Morgan fingerprint density at radius 3 is 2.50 bits per heavy atom. The molecule has 1 heteroatoms. The highest BCUT2D eigenvalue weighted by molar-refractivity contribution is 6.01. The minimum Gasteiger partial charge on any atom is -0.294 e. The molecule has 0 aromatic heterocycles. The number of Topliss-reactive ketones (excluding diaryl/α,β-unsaturated/α-hetero) is 1. The summed E-state index contributed by atoms with van der Waals surface area (Å²) in [6, 6.07) is 0. The summed E-state index contributed by atoms with van der Waals surface area (Å²) in [6.45, 7) is 9.83. The largest absolute Gasteiger partial charge is 0.294 e. The van der Waals surface area contributed by atoms with Crippen LogP contribution in [-0.2, 0) is 4.79 Å². The van der Waals surface area contributed by atoms with E-state index >= 15 is 0 Å². The quantitative estimate of drug-likeness (QED) is 0.643. The molecule has 1 rings (SSSR count). The second-order valence-electron chi connectivity index (χ2n) is 3.72. The predicted molar refractivity (Wildman–Crippen MR) is 70.4 cm³/mol. The molecule has 0 bridgehead atoms. The lowest BCUT2D eigenvalue weighted by molar-refractivity contribution is -0.114. The number of hydrogen-bond donors (Lipinski definition) is 0. The molecule has 16 heavy (non-hydrogen) atoms. The zero-order valence-electron chi connectivity index (χ0n) is 10.7. The summed E-state index contributed by atoms with van der Waals surface area (Å²) in [4.78, 5) is 11.3. The van der Waals surface area contributed by atoms with Crippen LogP contribution in [0.1, 0.15) is 46.5 Å². The van der Waals surface area contributed by atoms with Gasteiger partial charge in [0, 0.05) is 12.0 Å². The number of rotatable bonds is 3. The summed E-state index contributed by atoms with van der Waals surface area (Å²) >= 11 is 0. The molecule has 0 radical (unpaired) electrons. The summed E-state index contributed by atoms with van der Waals surface area (Å²) < 4.78 is 0. The molecule has 1 nitrogen and oxygen atoms in total. The van der Waals surface area contributed by atoms with Crippen molar-refractivity contribution in [3.63, 3.8) is 0 Å². The van der Waals surface area contributed by atoms with Crippen molar-refractivity contribution in [1.29, 1.82) is 0 Å². The van der Waals surface area contributed by atoms with Crippen molar-refractivity contribution < 1.29 is 4.79 Å². The SMILES string of the molecule is C=CC1=C(CC=C=CC)CCC1=O.CCC. The lowest BCUT2D eigenvalue weighted by Crippen LogP contribution is -1.91. The van der Waals surface area contributed by atoms with E-state index in [-0.39, 0.29) is 5.78 Å². The summed E-state index contributed by atoms with van der Waals surface area (Å²) in [5.41, 5.74) is 5.04. The highest BCUT2D eigenvalue weighted by Crippen LogP contribution is 2.26. The number of carbonyl (C=O) groups excluding carboxylic acids is 1. The van der Waals surface area contributed by atoms with Gasteiger partial charge in [-0.05, 0) is 31.9 Å². The summed E-state index contributed by atoms with van der Waals surface area (Å²) in [7, 11) is 0. The Kier molecular flexibility index (Phi) is 8.19. The first-order valence-corrected chi connectivity index (χ1v) is 5.94. The van der Waals surface area contributed by atoms with Crippen LogP contribution in [0, 0.1) is 0 Å². The number of hydrogen-bond acceptors (Lipinski definition) is 1. The molecule has 0 saturated heterocycles. The third-order valence-electron chi connectivity index (χ3n) is 2.17. The van der Waals surface area contributed by atoms with Crippen molar-refractivity contribution in [3.05, 3.63) is 41.7 Å². The fourth-order valence-corrected chi connectivity index (χ4v) is 1.50. The molecule has 0 aromatic carbocycles. The van der Waals surface area contributed by atoms with Crippen molar-refractivity contribution in [2.24, 2.45) is 0 Å². The summed E-state index contributed by atoms with van der Waals surface area (Å²) in [6.07, 6.45) is 9.12. The highest BCUT2D eigenvalue weighted by atomic mass is 16.1. The van der Waals surface area contributed by atoms with E-state index in [9.17, 15) is 4.79 Å². The van der Waals surface area contributed by atoms with Gasteiger partial charge in [-0.2, -0.15) is 0 Å². The van der Waals surface area contributed by atoms with Gasteiger partial charge in [0.05, 0.1) is 0 Å². The molecule has 1 aliphatic carbocycles. The number of carbonyl (C=O) groups is 1. The van der Waals surface area contributed by atoms with Crippen LogP contribution in [0.4, 0.5) is 0 Å². The molecule has 0 saturated carbocycles. The monoisotopic (exact) mass is 218 g/mol. The molecule has 1 aliphatic rings. The first-order valence-electron chi connectivity index (χ1n) is 5.94. The van der Waals surface area contributed by atoms with E-state index in [1.807, 2.05) is 19.1 Å². The molecule has 0 spiro atoms. The van der Waals surface area contributed by atoms with Crippen molar-refractivity contribution >= 4 is 5.78 Å². The van der Waals surface area contributed by atoms with E-state index in [0.29, 0.717) is 6.42 Å². The lowest BCUT2D eigenvalue weighted by Gasteiger charge is -1.95. The van der Waals surface area contributed by atoms with Gasteiger partial charge in [0.15, 0.2) is 5.78 Å². The van der Waals surface area contributed by atoms with E-state index in [4.69, 9.17) is 0 Å². The zero-order valence-corrected chi connectivity index (χ0v) is 10.7. The Morgan fingerprint density at radius 1 is 1.38 bits per heavy atom. The minimum absolute atomic E-state index is 0.235. The van der Waals surface area contributed by atoms with Gasteiger partial charge in [0.2, 0.25) is 0 Å². The fraction of sp³-hybridized carbons (Fsp3) is 0.467. The molecule has 0 aliphatic heterocycles. The maximum Gasteiger partial charge on any atom is 0.163 e. The van der Waals surface area contributed by atoms with E-state index in [0.717, 1.165) is 18.4 Å². The Labute approximate surface area is 99.3 Å². The van der Waals surface area contributed by atoms with E-state index in [1.165, 1.54) is 12.0 Å². The van der Waals surface area contributed by atoms with Crippen LogP contribution in [-0.4, -0.2) is 5.78 Å². The van der Waals surface area contributed by atoms with Crippen LogP contribution in [0.25, 0.3) is 0 Å². The van der Waals surface area contributed by atoms with E-state index in [1.54, 1.807) is 6.08 Å². The first-order chi connectivity index (χ1) is 7.71. The van der Waals surface area contributed by atoms with Crippen molar-refractivity contribution in [2.75, 3.05) is 0 Å². The minimum atomic E-state index is 0.235. The van der Waals surface area contributed by atoms with Gasteiger partial charge >= 0.3 is 0 Å². The van der Waals surface area contributed by atoms with E-state index in [2.05, 4.69) is 26.2 Å². The van der Waals surface area contributed by atoms with Gasteiger partial charge in [-0.15, -0.1) is 5.73 Å². The number of allylic oxidation sites excluding steroid dienone is 4. The molecule has 0 atom stereocenters. The maximum atomic E-state index is 11.3. The predicted octanol–water partition coefficient (Wildman–Crippen LogP) is 4.37. The molecular weight excluding hydrogens is 196 g/mol. The van der Waals surface area contributed by atoms with Gasteiger partial charge < -0.3 is 0 Å². The second kappa shape index (κ2) is 8.94. The lowest BCUT2D eigenvalue weighted by atomic mass is 10.1. The van der Waals surface area contributed by atoms with Crippen LogP contribution in [0.3, 0.4) is 0 Å². The zero-order chi connectivity index (χ0) is 12.4. The molecule has 0 unspecified atom stereocenters. The van der Waals surface area contributed by atoms with Gasteiger partial charge in [0.1, 0.15) is 0 Å². The van der Waals surface area contributed by atoms with Crippen LogP contribution in [0.2, 0.25) is 0 Å². The second-order valence-corrected chi connectivity index (χ2v) is 3.72. The van der Waals surface area contributed by atoms with Gasteiger partial charge in [-0.1, -0.05) is 38.5 Å². The van der Waals surface area contributed by atoms with Gasteiger partial charge in [-0.25, -0.2) is 0 Å². The normalized spacial score (nSPS) is 13.8. The smallest absolute Gasteiger partial charge is 0.163 e. The average Bonchev–Trinajstić information content (AvgIpc) is 2.61. The molecule has 0 heterocycles. The van der Waals surface area contributed by atoms with Crippen LogP contribution in [0.5, 0.6) is 0 Å². The average molecular weight is 218 g/mol. The Balaban J connectivity index is 0.000000673. The van der Waals surface area contributed by atoms with Gasteiger partial charge in [0.25, 0.3) is 0 Å². The third-order valence-corrected chi connectivity index (χ3v) is 2.17. The Hall–Kier alpha value is -1.33. The Bertz CT molecular complexity index is 325. The first kappa shape index (κ1) is 14.7. The van der Waals surface area contributed by atoms with Crippen molar-refractivity contribution in [3.8, 4) is 0 Å². The van der Waals surface area contributed by atoms with E-state index < -0.39 is 0 Å².